The lowest BCUT2D eigenvalue weighted by Crippen LogP contribution is -2.49. The summed E-state index contributed by atoms with van der Waals surface area (Å²) in [7, 11) is 0. The number of hydrogen-bond acceptors (Lipinski definition) is 6. The Morgan fingerprint density at radius 2 is 1.70 bits per heavy atom. The number of carboxylic acids is 1. The van der Waals surface area contributed by atoms with Crippen LogP contribution < -0.4 is 4.74 Å². The second-order valence-electron chi connectivity index (χ2n) is 11.0. The fourth-order valence-corrected chi connectivity index (χ4v) is 5.38. The van der Waals surface area contributed by atoms with E-state index in [9.17, 15) is 30.0 Å². The first-order valence-corrected chi connectivity index (χ1v) is 13.3. The topological polar surface area (TPSA) is 128 Å². The Morgan fingerprint density at radius 1 is 1.05 bits per heavy atom. The van der Waals surface area contributed by atoms with Crippen LogP contribution in [0.5, 0.6) is 17.2 Å². The van der Waals surface area contributed by atoms with Crippen LogP contribution >= 0.6 is 0 Å². The van der Waals surface area contributed by atoms with Gasteiger partial charge in [0.2, 0.25) is 0 Å². The van der Waals surface area contributed by atoms with Crippen LogP contribution in [0.1, 0.15) is 124 Å². The Kier molecular flexibility index (Phi) is 16.3. The molecule has 0 unspecified atom stereocenters. The molecule has 0 bridgehead atoms. The third-order valence-corrected chi connectivity index (χ3v) is 7.68. The van der Waals surface area contributed by atoms with Crippen molar-refractivity contribution < 1.29 is 34.8 Å². The number of carboxylic acid groups (broad SMARTS) is 1. The van der Waals surface area contributed by atoms with Crippen molar-refractivity contribution in [3.63, 3.8) is 0 Å². The lowest BCUT2D eigenvalue weighted by Gasteiger charge is -2.41. The Morgan fingerprint density at radius 3 is 2.30 bits per heavy atom. The van der Waals surface area contributed by atoms with Crippen molar-refractivity contribution in [3.05, 3.63) is 75.9 Å². The molecule has 0 saturated carbocycles. The van der Waals surface area contributed by atoms with Gasteiger partial charge in [0.25, 0.3) is 5.91 Å². The molecule has 0 spiro atoms. The largest absolute Gasteiger partial charge is 0.508 e. The minimum atomic E-state index is -1.34. The van der Waals surface area contributed by atoms with E-state index in [4.69, 9.17) is 4.74 Å². The minimum absolute atomic E-state index is 0. The summed E-state index contributed by atoms with van der Waals surface area (Å²) in [6, 6.07) is 5.80. The first-order valence-electron chi connectivity index (χ1n) is 13.3. The molecule has 248 valence electrons. The number of aliphatic carboxylic acids is 1. The van der Waals surface area contributed by atoms with Gasteiger partial charge in [0.1, 0.15) is 22.8 Å². The summed E-state index contributed by atoms with van der Waals surface area (Å²) in [6.07, 6.45) is 6.78. The normalized spacial score (nSPS) is 18.8. The number of aliphatic hydroxyl groups excluding tert-OH is 1. The molecule has 0 saturated heterocycles. The van der Waals surface area contributed by atoms with Crippen LogP contribution in [-0.2, 0) is 17.8 Å². The van der Waals surface area contributed by atoms with E-state index in [2.05, 4.69) is 32.9 Å². The van der Waals surface area contributed by atoms with Crippen LogP contribution in [0, 0.1) is 0 Å². The first kappa shape index (κ1) is 42.4. The first-order chi connectivity index (χ1) is 18.4. The lowest BCUT2D eigenvalue weighted by atomic mass is 9.84. The molecule has 1 amide bonds. The van der Waals surface area contributed by atoms with Gasteiger partial charge < -0.3 is 30.1 Å². The van der Waals surface area contributed by atoms with E-state index in [1.165, 1.54) is 40.3 Å². The molecule has 2 aliphatic rings. The third kappa shape index (κ3) is 8.65. The van der Waals surface area contributed by atoms with E-state index < -0.39 is 29.6 Å². The molecule has 0 aliphatic carbocycles. The maximum absolute atomic E-state index is 13.4. The van der Waals surface area contributed by atoms with Crippen molar-refractivity contribution in [1.29, 1.82) is 0 Å². The fourth-order valence-electron chi connectivity index (χ4n) is 5.38. The Labute approximate surface area is 265 Å². The molecule has 2 aromatic carbocycles. The summed E-state index contributed by atoms with van der Waals surface area (Å²) >= 11 is 0. The van der Waals surface area contributed by atoms with Gasteiger partial charge in [-0.25, -0.2) is 4.79 Å². The maximum atomic E-state index is 13.4. The number of benzene rings is 2. The third-order valence-electron chi connectivity index (χ3n) is 7.68. The predicted octanol–water partition coefficient (Wildman–Crippen LogP) is 8.59. The van der Waals surface area contributed by atoms with E-state index >= 15 is 0 Å². The number of hydrogen-bond donors (Lipinski definition) is 4. The zero-order valence-electron chi connectivity index (χ0n) is 22.9. The van der Waals surface area contributed by atoms with Crippen LogP contribution in [0.4, 0.5) is 0 Å². The fraction of sp³-hybridized carbons (Fsp3) is 0.500. The van der Waals surface area contributed by atoms with E-state index in [-0.39, 0.29) is 72.7 Å². The molecular formula is C36H57NO7. The number of carbonyl (C=O) groups excluding carboxylic acids is 1. The van der Waals surface area contributed by atoms with Gasteiger partial charge in [-0.3, -0.25) is 4.79 Å². The molecule has 0 radical (unpaired) electrons. The highest BCUT2D eigenvalue weighted by molar-refractivity contribution is 6.02. The molecule has 2 aliphatic heterocycles. The molecule has 0 fully saturated rings. The van der Waals surface area contributed by atoms with Crippen LogP contribution in [-0.4, -0.2) is 48.9 Å². The highest BCUT2D eigenvalue weighted by atomic mass is 16.5. The van der Waals surface area contributed by atoms with E-state index in [0.29, 0.717) is 29.7 Å². The average Bonchev–Trinajstić information content (AvgIpc) is 3.16. The number of rotatable bonds is 9. The van der Waals surface area contributed by atoms with Crippen molar-refractivity contribution in [1.82, 2.24) is 4.90 Å². The van der Waals surface area contributed by atoms with Gasteiger partial charge in [-0.1, -0.05) is 72.6 Å². The summed E-state index contributed by atoms with van der Waals surface area (Å²) in [4.78, 5) is 26.9. The second kappa shape index (κ2) is 16.9. The van der Waals surface area contributed by atoms with Crippen molar-refractivity contribution in [2.45, 2.75) is 121 Å². The molecule has 2 aromatic rings. The molecule has 8 nitrogen and oxygen atoms in total. The van der Waals surface area contributed by atoms with E-state index in [1.54, 1.807) is 6.07 Å². The molecule has 0 aromatic heterocycles. The maximum Gasteiger partial charge on any atom is 0.331 e. The van der Waals surface area contributed by atoms with Gasteiger partial charge >= 0.3 is 5.97 Å². The molecule has 4 rings (SSSR count). The highest BCUT2D eigenvalue weighted by Gasteiger charge is 2.46. The van der Waals surface area contributed by atoms with Crippen LogP contribution in [0.15, 0.2) is 53.6 Å². The number of aliphatic hydroxyl groups is 1. The second-order valence-corrected chi connectivity index (χ2v) is 11.0. The summed E-state index contributed by atoms with van der Waals surface area (Å²) < 4.78 is 6.40. The van der Waals surface area contributed by atoms with Crippen molar-refractivity contribution in [3.8, 4) is 17.2 Å². The SMILES string of the molecule is C.C.C.C.C.CC(C)=CCC/C(C)=C/CC[C@]1(C)Oc2c(c(O)cc3c2CN([C@H](C(=O)O)c2cccc(O)c2)C3=O)C[C@@H]1O. The van der Waals surface area contributed by atoms with Gasteiger partial charge in [-0.2, -0.15) is 0 Å². The van der Waals surface area contributed by atoms with Gasteiger partial charge in [-0.15, -0.1) is 0 Å². The number of carbonyl (C=O) groups is 2. The molecule has 4 N–H and O–H groups in total. The Balaban J connectivity index is 0. The standard InChI is InChI=1S/C31H37NO7.5CH4/c1-18(2)8-5-9-19(3)10-7-13-31(4)26(35)16-23-25(34)15-22-24(28(23)39-31)17-32(29(22)36)27(30(37)38)20-11-6-12-21(33)14-20;;;;;/h6,8,10-12,14-15,26-27,33-35H,5,7,9,13,16-17H2,1-4H3,(H,37,38);5*1H4/b19-10+;;;;;/t26-,27-,31-;;;;;/m0...../s1. The smallest absolute Gasteiger partial charge is 0.331 e. The number of fused-ring (bicyclic) bond motifs is 3. The van der Waals surface area contributed by atoms with Gasteiger partial charge in [0, 0.05) is 17.5 Å². The number of amides is 1. The number of ether oxygens (including phenoxy) is 1. The van der Waals surface area contributed by atoms with E-state index in [0.717, 1.165) is 12.8 Å². The monoisotopic (exact) mass is 615 g/mol. The Bertz CT molecular complexity index is 1340. The number of phenols is 2. The van der Waals surface area contributed by atoms with Crippen LogP contribution in [0.3, 0.4) is 0 Å². The summed E-state index contributed by atoms with van der Waals surface area (Å²) in [5.74, 6) is -1.73. The number of allylic oxidation sites excluding steroid dienone is 4. The van der Waals surface area contributed by atoms with Crippen molar-refractivity contribution in [2.24, 2.45) is 0 Å². The zero-order valence-corrected chi connectivity index (χ0v) is 22.9. The summed E-state index contributed by atoms with van der Waals surface area (Å²) in [6.45, 7) is 8.03. The average molecular weight is 616 g/mol. The molecule has 3 atom stereocenters. The minimum Gasteiger partial charge on any atom is -0.508 e. The quantitative estimate of drug-likeness (QED) is 0.208. The predicted molar refractivity (Wildman–Crippen MR) is 181 cm³/mol. The van der Waals surface area contributed by atoms with Gasteiger partial charge in [-0.05, 0) is 77.1 Å². The van der Waals surface area contributed by atoms with Crippen LogP contribution in [0.25, 0.3) is 0 Å². The van der Waals surface area contributed by atoms with Crippen molar-refractivity contribution >= 4 is 11.9 Å². The van der Waals surface area contributed by atoms with Gasteiger partial charge in [0.05, 0.1) is 18.2 Å². The van der Waals surface area contributed by atoms with Gasteiger partial charge in [0.15, 0.2) is 6.04 Å². The molecule has 44 heavy (non-hydrogen) atoms. The summed E-state index contributed by atoms with van der Waals surface area (Å²) in [5.41, 5.74) is 2.92. The molecule has 8 heteroatoms. The van der Waals surface area contributed by atoms with E-state index in [1.807, 2.05) is 6.92 Å². The zero-order chi connectivity index (χ0) is 28.5. The summed E-state index contributed by atoms with van der Waals surface area (Å²) in [5, 5.41) is 41.7. The Hall–Kier alpha value is -3.78. The lowest BCUT2D eigenvalue weighted by molar-refractivity contribution is -0.142. The number of phenolic OH excluding ortho intramolecular Hbond substituents is 2. The van der Waals surface area contributed by atoms with Crippen LogP contribution in [0.2, 0.25) is 0 Å². The number of nitrogens with zero attached hydrogens (tertiary/aromatic N) is 1. The van der Waals surface area contributed by atoms with Crippen molar-refractivity contribution in [2.75, 3.05) is 0 Å². The highest BCUT2D eigenvalue weighted by Crippen LogP contribution is 2.47. The molecule has 2 heterocycles. The molecular weight excluding hydrogens is 558 g/mol. The number of aromatic hydroxyl groups is 2.